The van der Waals surface area contributed by atoms with Crippen LogP contribution in [0.2, 0.25) is 5.02 Å². The van der Waals surface area contributed by atoms with Crippen LogP contribution < -0.4 is 15.1 Å². The van der Waals surface area contributed by atoms with Gasteiger partial charge in [0.25, 0.3) is 5.91 Å². The Morgan fingerprint density at radius 1 is 0.886 bits per heavy atom. The van der Waals surface area contributed by atoms with Gasteiger partial charge in [0, 0.05) is 5.56 Å². The van der Waals surface area contributed by atoms with Crippen molar-refractivity contribution >= 4 is 34.6 Å². The molecule has 0 saturated heterocycles. The molecule has 4 aromatic carbocycles. The first-order chi connectivity index (χ1) is 17.1. The van der Waals surface area contributed by atoms with Crippen LogP contribution in [0.5, 0.6) is 5.75 Å². The molecule has 0 bridgehead atoms. The van der Waals surface area contributed by atoms with Gasteiger partial charge in [0.2, 0.25) is 0 Å². The summed E-state index contributed by atoms with van der Waals surface area (Å²) in [5.41, 5.74) is 3.81. The number of methoxy groups -OCH3 is 1. The van der Waals surface area contributed by atoms with E-state index in [1.165, 1.54) is 0 Å². The highest BCUT2D eigenvalue weighted by molar-refractivity contribution is 6.35. The van der Waals surface area contributed by atoms with Crippen LogP contribution in [-0.4, -0.2) is 18.7 Å². The zero-order valence-corrected chi connectivity index (χ0v) is 19.7. The van der Waals surface area contributed by atoms with Crippen LogP contribution in [0.25, 0.3) is 0 Å². The molecule has 6 heteroatoms. The number of hydrogen-bond acceptors (Lipinski definition) is 4. The summed E-state index contributed by atoms with van der Waals surface area (Å²) in [5.74, 6) is 0.205. The summed E-state index contributed by atoms with van der Waals surface area (Å²) in [7, 11) is 1.64. The molecule has 6 rings (SSSR count). The molecule has 0 unspecified atom stereocenters. The summed E-state index contributed by atoms with van der Waals surface area (Å²) >= 11 is 6.59. The molecule has 0 aromatic heterocycles. The van der Waals surface area contributed by atoms with Crippen molar-refractivity contribution in [2.45, 2.75) is 11.5 Å². The van der Waals surface area contributed by atoms with Crippen LogP contribution in [0, 0.1) is 0 Å². The molecule has 0 fully saturated rings. The van der Waals surface area contributed by atoms with Gasteiger partial charge in [-0.05, 0) is 53.6 Å². The Kier molecular flexibility index (Phi) is 5.08. The Morgan fingerprint density at radius 3 is 2.26 bits per heavy atom. The number of para-hydroxylation sites is 2. The Bertz CT molecular complexity index is 1440. The summed E-state index contributed by atoms with van der Waals surface area (Å²) in [6.45, 7) is 0. The van der Waals surface area contributed by atoms with Gasteiger partial charge >= 0.3 is 0 Å². The van der Waals surface area contributed by atoms with Crippen molar-refractivity contribution < 1.29 is 9.53 Å². The first kappa shape index (κ1) is 21.4. The number of halogens is 1. The molecule has 1 spiro atoms. The van der Waals surface area contributed by atoms with Gasteiger partial charge in [0.15, 0.2) is 5.54 Å². The molecule has 4 aromatic rings. The highest BCUT2D eigenvalue weighted by atomic mass is 35.5. The van der Waals surface area contributed by atoms with Crippen molar-refractivity contribution in [2.75, 3.05) is 17.4 Å². The van der Waals surface area contributed by atoms with Gasteiger partial charge < -0.3 is 10.1 Å². The Balaban J connectivity index is 1.67. The third kappa shape index (κ3) is 3.16. The van der Waals surface area contributed by atoms with E-state index in [1.54, 1.807) is 13.2 Å². The van der Waals surface area contributed by atoms with Crippen LogP contribution >= 0.6 is 11.6 Å². The lowest BCUT2D eigenvalue weighted by atomic mass is 9.72. The quantitative estimate of drug-likeness (QED) is 0.379. The normalized spacial score (nSPS) is 20.5. The van der Waals surface area contributed by atoms with Gasteiger partial charge in [-0.1, -0.05) is 72.3 Å². The number of nitrogens with zero attached hydrogens (tertiary/aromatic N) is 2. The highest BCUT2D eigenvalue weighted by Gasteiger charge is 2.63. The van der Waals surface area contributed by atoms with E-state index in [0.29, 0.717) is 10.7 Å². The standard InChI is InChI=1S/C29H22ClN3O2/c1-35-22-17-15-20(16-18-22)26-25(19-9-4-2-5-10-19)29(33(32-26)21-11-6-3-7-12-21)23-13-8-14-24(30)27(23)31-28(29)34/h2-18,25H,1H3,(H,31,34)/t25-,29-/m0/s1. The monoisotopic (exact) mass is 479 g/mol. The average Bonchev–Trinajstić information content (AvgIpc) is 3.42. The molecule has 2 aliphatic heterocycles. The lowest BCUT2D eigenvalue weighted by molar-refractivity contribution is -0.120. The zero-order chi connectivity index (χ0) is 24.0. The zero-order valence-electron chi connectivity index (χ0n) is 19.0. The van der Waals surface area contributed by atoms with Crippen molar-refractivity contribution in [2.24, 2.45) is 5.10 Å². The highest BCUT2D eigenvalue weighted by Crippen LogP contribution is 2.56. The smallest absolute Gasteiger partial charge is 0.258 e. The molecular formula is C29H22ClN3O2. The van der Waals surface area contributed by atoms with Crippen molar-refractivity contribution in [3.63, 3.8) is 0 Å². The molecule has 5 nitrogen and oxygen atoms in total. The topological polar surface area (TPSA) is 53.9 Å². The average molecular weight is 480 g/mol. The van der Waals surface area contributed by atoms with Gasteiger partial charge in [0.05, 0.1) is 35.1 Å². The molecule has 35 heavy (non-hydrogen) atoms. The molecule has 1 N–H and O–H groups in total. The van der Waals surface area contributed by atoms with E-state index < -0.39 is 11.5 Å². The van der Waals surface area contributed by atoms with E-state index in [0.717, 1.165) is 33.8 Å². The molecule has 2 aliphatic rings. The third-order valence-corrected chi connectivity index (χ3v) is 7.08. The summed E-state index contributed by atoms with van der Waals surface area (Å²) in [6, 6.07) is 33.3. The molecule has 0 radical (unpaired) electrons. The van der Waals surface area contributed by atoms with E-state index in [1.807, 2.05) is 89.9 Å². The van der Waals surface area contributed by atoms with E-state index in [2.05, 4.69) is 17.4 Å². The first-order valence-corrected chi connectivity index (χ1v) is 11.8. The van der Waals surface area contributed by atoms with Crippen molar-refractivity contribution in [3.05, 3.63) is 125 Å². The minimum atomic E-state index is -1.15. The number of amides is 1. The Hall–Kier alpha value is -4.09. The molecule has 0 saturated carbocycles. The number of hydrazone groups is 1. The van der Waals surface area contributed by atoms with Crippen LogP contribution in [0.4, 0.5) is 11.4 Å². The van der Waals surface area contributed by atoms with E-state index >= 15 is 0 Å². The number of benzene rings is 4. The maximum absolute atomic E-state index is 14.1. The number of rotatable bonds is 4. The molecular weight excluding hydrogens is 458 g/mol. The minimum Gasteiger partial charge on any atom is -0.497 e. The minimum absolute atomic E-state index is 0.162. The summed E-state index contributed by atoms with van der Waals surface area (Å²) in [5, 5.41) is 10.6. The molecule has 2 heterocycles. The molecule has 172 valence electrons. The predicted octanol–water partition coefficient (Wildman–Crippen LogP) is 6.20. The van der Waals surface area contributed by atoms with Gasteiger partial charge in [0.1, 0.15) is 5.75 Å². The Morgan fingerprint density at radius 2 is 1.57 bits per heavy atom. The van der Waals surface area contributed by atoms with Gasteiger partial charge in [-0.2, -0.15) is 5.10 Å². The lowest BCUT2D eigenvalue weighted by Crippen LogP contribution is -2.50. The SMILES string of the molecule is COc1ccc(C2=NN(c3ccccc3)[C@]3(C(=O)Nc4c(Cl)cccc43)[C@H]2c2ccccc2)cc1. The molecule has 0 aliphatic carbocycles. The second-order valence-corrected chi connectivity index (χ2v) is 8.99. The maximum atomic E-state index is 14.1. The predicted molar refractivity (Wildman–Crippen MR) is 139 cm³/mol. The second kappa shape index (κ2) is 8.29. The van der Waals surface area contributed by atoms with E-state index in [4.69, 9.17) is 21.4 Å². The van der Waals surface area contributed by atoms with Crippen LogP contribution in [0.15, 0.2) is 108 Å². The number of ether oxygens (including phenoxy) is 1. The largest absolute Gasteiger partial charge is 0.497 e. The summed E-state index contributed by atoms with van der Waals surface area (Å²) < 4.78 is 5.37. The first-order valence-electron chi connectivity index (χ1n) is 11.4. The number of carbonyl (C=O) groups is 1. The second-order valence-electron chi connectivity index (χ2n) is 8.59. The molecule has 1 amide bonds. The number of nitrogens with one attached hydrogen (secondary N) is 1. The van der Waals surface area contributed by atoms with Gasteiger partial charge in [-0.25, -0.2) is 5.01 Å². The van der Waals surface area contributed by atoms with E-state index in [9.17, 15) is 4.79 Å². The fourth-order valence-corrected chi connectivity index (χ4v) is 5.44. The number of carbonyl (C=O) groups excluding carboxylic acids is 1. The van der Waals surface area contributed by atoms with Crippen molar-refractivity contribution in [1.82, 2.24) is 0 Å². The summed E-state index contributed by atoms with van der Waals surface area (Å²) in [6.07, 6.45) is 0. The summed E-state index contributed by atoms with van der Waals surface area (Å²) in [4.78, 5) is 14.1. The van der Waals surface area contributed by atoms with Crippen molar-refractivity contribution in [3.8, 4) is 5.75 Å². The Labute approximate surface area is 208 Å². The van der Waals surface area contributed by atoms with Gasteiger partial charge in [-0.3, -0.25) is 4.79 Å². The van der Waals surface area contributed by atoms with E-state index in [-0.39, 0.29) is 5.91 Å². The van der Waals surface area contributed by atoms with Crippen LogP contribution in [-0.2, 0) is 10.3 Å². The van der Waals surface area contributed by atoms with Crippen molar-refractivity contribution in [1.29, 1.82) is 0 Å². The van der Waals surface area contributed by atoms with Gasteiger partial charge in [-0.15, -0.1) is 0 Å². The van der Waals surface area contributed by atoms with Crippen LogP contribution in [0.3, 0.4) is 0 Å². The number of hydrogen-bond donors (Lipinski definition) is 1. The van der Waals surface area contributed by atoms with Crippen LogP contribution in [0.1, 0.15) is 22.6 Å². The number of fused-ring (bicyclic) bond motifs is 2. The number of anilines is 2. The maximum Gasteiger partial charge on any atom is 0.258 e. The fourth-order valence-electron chi connectivity index (χ4n) is 5.22. The lowest BCUT2D eigenvalue weighted by Gasteiger charge is -2.37. The fraction of sp³-hybridized carbons (Fsp3) is 0.103. The molecule has 2 atom stereocenters. The third-order valence-electron chi connectivity index (χ3n) is 6.76.